The van der Waals surface area contributed by atoms with Gasteiger partial charge in [-0.05, 0) is 37.8 Å². The number of benzene rings is 1. The molecule has 1 aromatic rings. The van der Waals surface area contributed by atoms with Crippen LogP contribution in [0, 0.1) is 0 Å². The van der Waals surface area contributed by atoms with E-state index in [1.54, 1.807) is 25.9 Å². The Balaban J connectivity index is 2.15. The number of carbonyl (C=O) groups excluding carboxylic acids is 2. The zero-order valence-corrected chi connectivity index (χ0v) is 17.7. The van der Waals surface area contributed by atoms with Gasteiger partial charge in [0.05, 0.1) is 13.2 Å². The molecule has 0 saturated carbocycles. The Kier molecular flexibility index (Phi) is 8.20. The van der Waals surface area contributed by atoms with E-state index < -0.39 is 0 Å². The molecule has 6 nitrogen and oxygen atoms in total. The fourth-order valence-corrected chi connectivity index (χ4v) is 3.48. The van der Waals surface area contributed by atoms with Crippen molar-refractivity contribution < 1.29 is 14.3 Å². The van der Waals surface area contributed by atoms with Crippen molar-refractivity contribution >= 4 is 17.3 Å². The van der Waals surface area contributed by atoms with Crippen LogP contribution >= 0.6 is 0 Å². The third kappa shape index (κ3) is 5.91. The lowest BCUT2D eigenvalue weighted by Crippen LogP contribution is -2.44. The first-order chi connectivity index (χ1) is 13.3. The highest BCUT2D eigenvalue weighted by molar-refractivity contribution is 6.20. The van der Waals surface area contributed by atoms with Crippen molar-refractivity contribution in [3.63, 3.8) is 0 Å². The van der Waals surface area contributed by atoms with Crippen LogP contribution in [0.3, 0.4) is 0 Å². The molecule has 1 atom stereocenters. The lowest BCUT2D eigenvalue weighted by atomic mass is 9.97. The Labute approximate surface area is 168 Å². The van der Waals surface area contributed by atoms with Gasteiger partial charge in [-0.1, -0.05) is 24.3 Å². The van der Waals surface area contributed by atoms with Gasteiger partial charge >= 0.3 is 0 Å². The number of hydrogen-bond donors (Lipinski definition) is 1. The van der Waals surface area contributed by atoms with E-state index >= 15 is 0 Å². The van der Waals surface area contributed by atoms with Gasteiger partial charge in [-0.3, -0.25) is 14.5 Å². The van der Waals surface area contributed by atoms with E-state index in [0.717, 1.165) is 42.8 Å². The topological polar surface area (TPSA) is 61.9 Å². The van der Waals surface area contributed by atoms with Gasteiger partial charge in [0.15, 0.2) is 5.78 Å². The maximum Gasteiger partial charge on any atom is 0.236 e. The van der Waals surface area contributed by atoms with Crippen LogP contribution in [-0.4, -0.2) is 75.0 Å². The molecule has 28 heavy (non-hydrogen) atoms. The number of hydrogen-bond acceptors (Lipinski definition) is 5. The second-order valence-electron chi connectivity index (χ2n) is 7.53. The molecule has 154 valence electrons. The van der Waals surface area contributed by atoms with Gasteiger partial charge in [0.25, 0.3) is 0 Å². The molecule has 6 heteroatoms. The second-order valence-corrected chi connectivity index (χ2v) is 7.53. The van der Waals surface area contributed by atoms with Crippen molar-refractivity contribution in [1.82, 2.24) is 15.1 Å². The van der Waals surface area contributed by atoms with E-state index in [9.17, 15) is 9.59 Å². The van der Waals surface area contributed by atoms with Crippen LogP contribution in [0.25, 0.3) is 5.57 Å². The Morgan fingerprint density at radius 1 is 1.25 bits per heavy atom. The van der Waals surface area contributed by atoms with Gasteiger partial charge < -0.3 is 15.0 Å². The Hall–Kier alpha value is -2.18. The van der Waals surface area contributed by atoms with Gasteiger partial charge in [0.2, 0.25) is 5.91 Å². The molecule has 1 heterocycles. The first kappa shape index (κ1) is 22.1. The summed E-state index contributed by atoms with van der Waals surface area (Å²) in [5.41, 5.74) is 3.66. The largest absolute Gasteiger partial charge is 0.391 e. The van der Waals surface area contributed by atoms with Gasteiger partial charge in [0.1, 0.15) is 0 Å². The summed E-state index contributed by atoms with van der Waals surface area (Å²) in [5, 5.41) is 3.08. The van der Waals surface area contributed by atoms with Gasteiger partial charge in [-0.25, -0.2) is 0 Å². The van der Waals surface area contributed by atoms with E-state index in [1.165, 1.54) is 0 Å². The summed E-state index contributed by atoms with van der Waals surface area (Å²) in [6, 6.07) is 8.40. The predicted octanol–water partition coefficient (Wildman–Crippen LogP) is 1.95. The minimum absolute atomic E-state index is 0.0466. The van der Waals surface area contributed by atoms with Crippen LogP contribution in [0.5, 0.6) is 0 Å². The molecule has 1 unspecified atom stereocenters. The van der Waals surface area contributed by atoms with Crippen molar-refractivity contribution in [2.45, 2.75) is 32.7 Å². The molecule has 1 aromatic carbocycles. The maximum atomic E-state index is 12.2. The number of nitrogens with zero attached hydrogens (tertiary/aromatic N) is 2. The first-order valence-corrected chi connectivity index (χ1v) is 9.84. The summed E-state index contributed by atoms with van der Waals surface area (Å²) in [4.78, 5) is 28.2. The Bertz CT molecular complexity index is 721. The third-order valence-electron chi connectivity index (χ3n) is 5.26. The van der Waals surface area contributed by atoms with Crippen LogP contribution in [0.2, 0.25) is 0 Å². The van der Waals surface area contributed by atoms with E-state index in [2.05, 4.69) is 22.3 Å². The van der Waals surface area contributed by atoms with Crippen LogP contribution in [-0.2, 0) is 20.7 Å². The maximum absolute atomic E-state index is 12.2. The fourth-order valence-electron chi connectivity index (χ4n) is 3.48. The van der Waals surface area contributed by atoms with E-state index in [0.29, 0.717) is 18.7 Å². The highest BCUT2D eigenvalue weighted by atomic mass is 16.5. The highest BCUT2D eigenvalue weighted by Crippen LogP contribution is 2.21. The van der Waals surface area contributed by atoms with Crippen molar-refractivity contribution in [1.29, 1.82) is 0 Å². The molecule has 1 saturated heterocycles. The van der Waals surface area contributed by atoms with Gasteiger partial charge in [-0.15, -0.1) is 0 Å². The number of rotatable bonds is 9. The van der Waals surface area contributed by atoms with Gasteiger partial charge in [-0.2, -0.15) is 0 Å². The average molecular weight is 388 g/mol. The smallest absolute Gasteiger partial charge is 0.236 e. The Morgan fingerprint density at radius 2 is 2.00 bits per heavy atom. The molecule has 2 rings (SSSR count). The third-order valence-corrected chi connectivity index (χ3v) is 5.26. The van der Waals surface area contributed by atoms with Crippen molar-refractivity contribution in [2.75, 3.05) is 47.4 Å². The molecule has 1 aliphatic heterocycles. The number of nitrogens with one attached hydrogen (secondary N) is 1. The summed E-state index contributed by atoms with van der Waals surface area (Å²) in [6.07, 6.45) is 1.77. The molecule has 0 bridgehead atoms. The first-order valence-electron chi connectivity index (χ1n) is 9.84. The van der Waals surface area contributed by atoms with E-state index in [1.807, 2.05) is 26.1 Å². The zero-order valence-electron chi connectivity index (χ0n) is 17.7. The molecule has 1 N–H and O–H groups in total. The standard InChI is InChI=1S/C22H33N3O3/c1-16(23-3)22(17(2)26)19-8-6-7-18(13-19)9-11-25(14-21(27)24(4)5)20-10-12-28-15-20/h6-8,13,20,23H,9-12,14-15H2,1-5H3. The van der Waals surface area contributed by atoms with Crippen LogP contribution in [0.1, 0.15) is 31.4 Å². The molecule has 0 aliphatic carbocycles. The molecule has 0 radical (unpaired) electrons. The van der Waals surface area contributed by atoms with Crippen LogP contribution in [0.15, 0.2) is 30.0 Å². The minimum Gasteiger partial charge on any atom is -0.391 e. The number of amides is 1. The molecule has 0 spiro atoms. The van der Waals surface area contributed by atoms with Crippen LogP contribution in [0.4, 0.5) is 0 Å². The number of carbonyl (C=O) groups is 2. The molecule has 1 amide bonds. The summed E-state index contributed by atoms with van der Waals surface area (Å²) in [5.74, 6) is 0.150. The number of ether oxygens (including phenoxy) is 1. The second kappa shape index (κ2) is 10.4. The summed E-state index contributed by atoms with van der Waals surface area (Å²) >= 11 is 0. The van der Waals surface area contributed by atoms with Crippen molar-refractivity contribution in [3.8, 4) is 0 Å². The van der Waals surface area contributed by atoms with Crippen LogP contribution < -0.4 is 5.32 Å². The predicted molar refractivity (Wildman–Crippen MR) is 112 cm³/mol. The molecular formula is C22H33N3O3. The monoisotopic (exact) mass is 387 g/mol. The summed E-state index contributed by atoms with van der Waals surface area (Å²) < 4.78 is 5.53. The van der Waals surface area contributed by atoms with E-state index in [4.69, 9.17) is 4.74 Å². The van der Waals surface area contributed by atoms with Crippen molar-refractivity contribution in [2.24, 2.45) is 0 Å². The number of Topliss-reactive ketones (excluding diaryl/α,β-unsaturated/α-hetero) is 1. The number of likely N-dealkylation sites (N-methyl/N-ethyl adjacent to an activating group) is 1. The number of ketones is 1. The SMILES string of the molecule is CNC(C)=C(C(C)=O)c1cccc(CCN(CC(=O)N(C)C)C2CCOC2)c1. The normalized spacial score (nSPS) is 17.4. The zero-order chi connectivity index (χ0) is 20.7. The Morgan fingerprint density at radius 3 is 2.57 bits per heavy atom. The van der Waals surface area contributed by atoms with Gasteiger partial charge in [0, 0.05) is 51.6 Å². The molecule has 1 aliphatic rings. The average Bonchev–Trinajstić information content (AvgIpc) is 3.19. The lowest BCUT2D eigenvalue weighted by molar-refractivity contribution is -0.130. The minimum atomic E-state index is 0.0466. The summed E-state index contributed by atoms with van der Waals surface area (Å²) in [6.45, 7) is 6.12. The molecule has 0 aromatic heterocycles. The quantitative estimate of drug-likeness (QED) is 0.656. The summed E-state index contributed by atoms with van der Waals surface area (Å²) in [7, 11) is 5.40. The molecular weight excluding hydrogens is 354 g/mol. The molecule has 1 fully saturated rings. The van der Waals surface area contributed by atoms with Crippen molar-refractivity contribution in [3.05, 3.63) is 41.1 Å². The fraction of sp³-hybridized carbons (Fsp3) is 0.545. The number of allylic oxidation sites excluding steroid dienone is 2. The lowest BCUT2D eigenvalue weighted by Gasteiger charge is -2.28. The highest BCUT2D eigenvalue weighted by Gasteiger charge is 2.25. The van der Waals surface area contributed by atoms with E-state index in [-0.39, 0.29) is 17.7 Å².